The molecule has 3 aliphatic heterocycles. The summed E-state index contributed by atoms with van der Waals surface area (Å²) in [5, 5.41) is 5.72. The normalized spacial score (nSPS) is 25.3. The second-order valence-corrected chi connectivity index (χ2v) is 7.68. The number of piperidine rings is 1. The summed E-state index contributed by atoms with van der Waals surface area (Å²) in [4.78, 5) is 41.1. The van der Waals surface area contributed by atoms with Gasteiger partial charge in [0.25, 0.3) is 0 Å². The maximum atomic E-state index is 13.3. The van der Waals surface area contributed by atoms with Gasteiger partial charge < -0.3 is 10.2 Å². The molecule has 3 amide bonds. The van der Waals surface area contributed by atoms with Gasteiger partial charge in [-0.25, -0.2) is 0 Å². The first-order chi connectivity index (χ1) is 12.4. The van der Waals surface area contributed by atoms with E-state index in [-0.39, 0.29) is 24.1 Å². The predicted molar refractivity (Wildman–Crippen MR) is 98.2 cm³/mol. The minimum Gasteiger partial charge on any atom is -0.369 e. The smallest absolute Gasteiger partial charge is 0.249 e. The van der Waals surface area contributed by atoms with E-state index in [9.17, 15) is 14.4 Å². The third kappa shape index (κ3) is 2.49. The maximum Gasteiger partial charge on any atom is 0.249 e. The van der Waals surface area contributed by atoms with Crippen LogP contribution in [0.3, 0.4) is 0 Å². The molecule has 2 N–H and O–H groups in total. The number of rotatable bonds is 2. The highest BCUT2D eigenvalue weighted by molar-refractivity contribution is 6.14. The van der Waals surface area contributed by atoms with E-state index in [1.165, 1.54) is 0 Å². The van der Waals surface area contributed by atoms with Crippen LogP contribution in [0.15, 0.2) is 18.2 Å². The Kier molecular flexibility index (Phi) is 3.99. The van der Waals surface area contributed by atoms with E-state index in [2.05, 4.69) is 21.6 Å². The van der Waals surface area contributed by atoms with Crippen molar-refractivity contribution in [1.29, 1.82) is 0 Å². The number of amides is 3. The van der Waals surface area contributed by atoms with E-state index in [1.807, 2.05) is 26.0 Å². The maximum absolute atomic E-state index is 13.3. The highest BCUT2D eigenvalue weighted by atomic mass is 16.2. The van der Waals surface area contributed by atoms with Gasteiger partial charge in [-0.1, -0.05) is 6.07 Å². The van der Waals surface area contributed by atoms with Crippen molar-refractivity contribution in [3.63, 3.8) is 0 Å². The standard InChI is InChI=1S/C19H24N4O3/c1-19(2)16-12(22-10-8-20-9-11-22)4-3-5-13(16)23(18(19)26)14-6-7-15(24)21-17(14)25/h3-5,14,20H,6-11H2,1-2H3,(H,21,24,25). The number of hydrogen-bond donors (Lipinski definition) is 2. The molecule has 26 heavy (non-hydrogen) atoms. The Morgan fingerprint density at radius 3 is 2.46 bits per heavy atom. The lowest BCUT2D eigenvalue weighted by Crippen LogP contribution is -2.55. The molecule has 0 spiro atoms. The summed E-state index contributed by atoms with van der Waals surface area (Å²) >= 11 is 0. The second kappa shape index (κ2) is 6.09. The molecule has 2 saturated heterocycles. The molecular weight excluding hydrogens is 332 g/mol. The van der Waals surface area contributed by atoms with Gasteiger partial charge in [-0.3, -0.25) is 24.6 Å². The van der Waals surface area contributed by atoms with Crippen LogP contribution in [0, 0.1) is 0 Å². The van der Waals surface area contributed by atoms with Crippen LogP contribution in [0.1, 0.15) is 32.3 Å². The monoisotopic (exact) mass is 356 g/mol. The minimum absolute atomic E-state index is 0.0791. The summed E-state index contributed by atoms with van der Waals surface area (Å²) < 4.78 is 0. The molecule has 0 bridgehead atoms. The first-order valence-corrected chi connectivity index (χ1v) is 9.18. The zero-order valence-electron chi connectivity index (χ0n) is 15.2. The number of piperazine rings is 1. The van der Waals surface area contributed by atoms with Gasteiger partial charge in [0.1, 0.15) is 6.04 Å². The minimum atomic E-state index is -0.710. The number of imide groups is 1. The number of anilines is 2. The summed E-state index contributed by atoms with van der Waals surface area (Å²) in [6.07, 6.45) is 0.622. The molecular formula is C19H24N4O3. The van der Waals surface area contributed by atoms with Crippen LogP contribution in [0.5, 0.6) is 0 Å². The number of fused-ring (bicyclic) bond motifs is 1. The lowest BCUT2D eigenvalue weighted by Gasteiger charge is -2.33. The summed E-state index contributed by atoms with van der Waals surface area (Å²) in [7, 11) is 0. The average molecular weight is 356 g/mol. The highest BCUT2D eigenvalue weighted by Crippen LogP contribution is 2.48. The Labute approximate surface area is 152 Å². The van der Waals surface area contributed by atoms with Crippen LogP contribution in [-0.2, 0) is 19.8 Å². The van der Waals surface area contributed by atoms with Crippen LogP contribution < -0.4 is 20.4 Å². The molecule has 0 aliphatic carbocycles. The Morgan fingerprint density at radius 2 is 1.77 bits per heavy atom. The molecule has 2 fully saturated rings. The van der Waals surface area contributed by atoms with Crippen LogP contribution in [-0.4, -0.2) is 49.9 Å². The molecule has 1 atom stereocenters. The summed E-state index contributed by atoms with van der Waals surface area (Å²) in [5.74, 6) is -0.734. The van der Waals surface area contributed by atoms with E-state index >= 15 is 0 Å². The molecule has 138 valence electrons. The fourth-order valence-electron chi connectivity index (χ4n) is 4.29. The molecule has 3 heterocycles. The predicted octanol–water partition coefficient (Wildman–Crippen LogP) is 0.526. The molecule has 7 heteroatoms. The highest BCUT2D eigenvalue weighted by Gasteiger charge is 2.50. The van der Waals surface area contributed by atoms with Gasteiger partial charge in [0, 0.05) is 43.9 Å². The van der Waals surface area contributed by atoms with Gasteiger partial charge in [-0.2, -0.15) is 0 Å². The van der Waals surface area contributed by atoms with Crippen molar-refractivity contribution < 1.29 is 14.4 Å². The molecule has 4 rings (SSSR count). The van der Waals surface area contributed by atoms with Crippen molar-refractivity contribution in [2.45, 2.75) is 38.1 Å². The molecule has 7 nitrogen and oxygen atoms in total. The van der Waals surface area contributed by atoms with Crippen molar-refractivity contribution in [2.75, 3.05) is 36.0 Å². The van der Waals surface area contributed by atoms with Crippen LogP contribution in [0.25, 0.3) is 0 Å². The Bertz CT molecular complexity index is 783. The van der Waals surface area contributed by atoms with E-state index in [4.69, 9.17) is 0 Å². The van der Waals surface area contributed by atoms with Crippen molar-refractivity contribution in [2.24, 2.45) is 0 Å². The van der Waals surface area contributed by atoms with Gasteiger partial charge >= 0.3 is 0 Å². The Morgan fingerprint density at radius 1 is 1.08 bits per heavy atom. The number of nitrogens with zero attached hydrogens (tertiary/aromatic N) is 2. The number of benzene rings is 1. The van der Waals surface area contributed by atoms with Gasteiger partial charge in [0.2, 0.25) is 17.7 Å². The molecule has 0 saturated carbocycles. The fourth-order valence-corrected chi connectivity index (χ4v) is 4.29. The topological polar surface area (TPSA) is 81.8 Å². The molecule has 1 aromatic rings. The van der Waals surface area contributed by atoms with Crippen molar-refractivity contribution >= 4 is 29.1 Å². The third-order valence-electron chi connectivity index (χ3n) is 5.64. The number of carbonyl (C=O) groups is 3. The first kappa shape index (κ1) is 17.0. The van der Waals surface area contributed by atoms with Gasteiger partial charge in [0.15, 0.2) is 0 Å². The van der Waals surface area contributed by atoms with E-state index in [0.29, 0.717) is 6.42 Å². The van der Waals surface area contributed by atoms with E-state index in [1.54, 1.807) is 4.90 Å². The lowest BCUT2D eigenvalue weighted by atomic mass is 9.84. The Hall–Kier alpha value is -2.41. The third-order valence-corrected chi connectivity index (χ3v) is 5.64. The largest absolute Gasteiger partial charge is 0.369 e. The zero-order chi connectivity index (χ0) is 18.5. The molecule has 0 radical (unpaired) electrons. The van der Waals surface area contributed by atoms with Crippen LogP contribution >= 0.6 is 0 Å². The van der Waals surface area contributed by atoms with Crippen LogP contribution in [0.4, 0.5) is 11.4 Å². The van der Waals surface area contributed by atoms with Gasteiger partial charge in [-0.05, 0) is 32.4 Å². The Balaban J connectivity index is 1.78. The quantitative estimate of drug-likeness (QED) is 0.756. The zero-order valence-corrected chi connectivity index (χ0v) is 15.2. The summed E-state index contributed by atoms with van der Waals surface area (Å²) in [6, 6.07) is 5.30. The average Bonchev–Trinajstić information content (AvgIpc) is 2.83. The van der Waals surface area contributed by atoms with E-state index in [0.717, 1.165) is 43.1 Å². The number of nitrogens with one attached hydrogen (secondary N) is 2. The fraction of sp³-hybridized carbons (Fsp3) is 0.526. The van der Waals surface area contributed by atoms with Gasteiger partial charge in [0.05, 0.1) is 11.1 Å². The molecule has 0 aromatic heterocycles. The first-order valence-electron chi connectivity index (χ1n) is 9.18. The molecule has 1 unspecified atom stereocenters. The summed E-state index contributed by atoms with van der Waals surface area (Å²) in [6.45, 7) is 7.44. The lowest BCUT2D eigenvalue weighted by molar-refractivity contribution is -0.136. The van der Waals surface area contributed by atoms with Crippen LogP contribution in [0.2, 0.25) is 0 Å². The number of carbonyl (C=O) groups excluding carboxylic acids is 3. The van der Waals surface area contributed by atoms with Crippen molar-refractivity contribution in [3.05, 3.63) is 23.8 Å². The van der Waals surface area contributed by atoms with E-state index < -0.39 is 11.5 Å². The molecule has 3 aliphatic rings. The summed E-state index contributed by atoms with van der Waals surface area (Å²) in [5.41, 5.74) is 2.14. The number of hydrogen-bond acceptors (Lipinski definition) is 5. The molecule has 1 aromatic carbocycles. The second-order valence-electron chi connectivity index (χ2n) is 7.68. The van der Waals surface area contributed by atoms with Crippen molar-refractivity contribution in [3.8, 4) is 0 Å². The van der Waals surface area contributed by atoms with Gasteiger partial charge in [-0.15, -0.1) is 0 Å². The SMILES string of the molecule is CC1(C)C(=O)N(C2CCC(=O)NC2=O)c2cccc(N3CCNCC3)c21. The van der Waals surface area contributed by atoms with Crippen molar-refractivity contribution in [1.82, 2.24) is 10.6 Å².